The summed E-state index contributed by atoms with van der Waals surface area (Å²) in [6.07, 6.45) is 1.77. The van der Waals surface area contributed by atoms with Gasteiger partial charge in [-0.1, -0.05) is 12.1 Å². The van der Waals surface area contributed by atoms with E-state index in [1.54, 1.807) is 6.26 Å². The maximum atomic E-state index is 5.63. The molecule has 2 heterocycles. The summed E-state index contributed by atoms with van der Waals surface area (Å²) in [4.78, 5) is 2.46. The van der Waals surface area contributed by atoms with Crippen molar-refractivity contribution in [1.82, 2.24) is 10.2 Å². The van der Waals surface area contributed by atoms with Crippen LogP contribution in [-0.2, 0) is 6.54 Å². The molecule has 4 heteroatoms. The van der Waals surface area contributed by atoms with Crippen molar-refractivity contribution in [3.63, 3.8) is 0 Å². The highest BCUT2D eigenvalue weighted by Crippen LogP contribution is 2.29. The zero-order valence-corrected chi connectivity index (χ0v) is 11.2. The van der Waals surface area contributed by atoms with Gasteiger partial charge in [-0.05, 0) is 22.0 Å². The number of piperazine rings is 1. The minimum Gasteiger partial charge on any atom is -0.463 e. The van der Waals surface area contributed by atoms with Crippen molar-refractivity contribution in [2.75, 3.05) is 26.2 Å². The van der Waals surface area contributed by atoms with Gasteiger partial charge in [-0.2, -0.15) is 0 Å². The summed E-state index contributed by atoms with van der Waals surface area (Å²) in [6, 6.07) is 6.34. The summed E-state index contributed by atoms with van der Waals surface area (Å²) in [5.74, 6) is 0. The molecule has 3 nitrogen and oxygen atoms in total. The Kier molecular flexibility index (Phi) is 3.18. The van der Waals surface area contributed by atoms with Gasteiger partial charge >= 0.3 is 0 Å². The number of para-hydroxylation sites is 1. The van der Waals surface area contributed by atoms with E-state index in [1.165, 1.54) is 5.56 Å². The topological polar surface area (TPSA) is 28.4 Å². The van der Waals surface area contributed by atoms with Crippen molar-refractivity contribution in [3.05, 3.63) is 34.5 Å². The second kappa shape index (κ2) is 4.80. The summed E-state index contributed by atoms with van der Waals surface area (Å²) in [5, 5.41) is 4.53. The molecule has 0 aliphatic carbocycles. The Morgan fingerprint density at radius 1 is 1.29 bits per heavy atom. The number of furan rings is 1. The van der Waals surface area contributed by atoms with Gasteiger partial charge in [0, 0.05) is 43.7 Å². The van der Waals surface area contributed by atoms with Gasteiger partial charge in [0.25, 0.3) is 0 Å². The lowest BCUT2D eigenvalue weighted by atomic mass is 10.1. The van der Waals surface area contributed by atoms with Gasteiger partial charge in [0.15, 0.2) is 0 Å². The van der Waals surface area contributed by atoms with E-state index >= 15 is 0 Å². The lowest BCUT2D eigenvalue weighted by Crippen LogP contribution is -2.42. The molecule has 0 bridgehead atoms. The van der Waals surface area contributed by atoms with E-state index in [1.807, 2.05) is 0 Å². The maximum absolute atomic E-state index is 5.63. The fourth-order valence-electron chi connectivity index (χ4n) is 2.32. The standard InChI is InChI=1S/C13H15BrN2O/c14-12-9-17-13-10(2-1-3-11(12)13)8-16-6-4-15-5-7-16/h1-3,9,15H,4-8H2. The molecule has 1 N–H and O–H groups in total. The fraction of sp³-hybridized carbons (Fsp3) is 0.385. The molecule has 0 radical (unpaired) electrons. The molecule has 0 unspecified atom stereocenters. The van der Waals surface area contributed by atoms with Crippen LogP contribution in [0.5, 0.6) is 0 Å². The smallest absolute Gasteiger partial charge is 0.139 e. The van der Waals surface area contributed by atoms with Crippen LogP contribution in [0.15, 0.2) is 33.4 Å². The highest BCUT2D eigenvalue weighted by Gasteiger charge is 2.13. The van der Waals surface area contributed by atoms with Gasteiger partial charge < -0.3 is 9.73 Å². The first-order valence-corrected chi connectivity index (χ1v) is 6.71. The molecule has 0 atom stereocenters. The first-order valence-electron chi connectivity index (χ1n) is 5.92. The predicted molar refractivity (Wildman–Crippen MR) is 72.1 cm³/mol. The van der Waals surface area contributed by atoms with Crippen LogP contribution >= 0.6 is 15.9 Å². The van der Waals surface area contributed by atoms with Crippen LogP contribution in [0.1, 0.15) is 5.56 Å². The van der Waals surface area contributed by atoms with E-state index in [-0.39, 0.29) is 0 Å². The number of halogens is 1. The molecule has 3 rings (SSSR count). The lowest BCUT2D eigenvalue weighted by Gasteiger charge is -2.27. The Morgan fingerprint density at radius 2 is 2.12 bits per heavy atom. The summed E-state index contributed by atoms with van der Waals surface area (Å²) in [5.41, 5.74) is 2.29. The predicted octanol–water partition coefficient (Wildman–Crippen LogP) is 2.60. The molecule has 1 fully saturated rings. The molecule has 2 aromatic rings. The van der Waals surface area contributed by atoms with Gasteiger partial charge in [0.2, 0.25) is 0 Å². The second-order valence-corrected chi connectivity index (χ2v) is 5.26. The van der Waals surface area contributed by atoms with Gasteiger partial charge in [0.1, 0.15) is 11.8 Å². The first kappa shape index (κ1) is 11.3. The lowest BCUT2D eigenvalue weighted by molar-refractivity contribution is 0.233. The molecule has 1 aromatic carbocycles. The van der Waals surface area contributed by atoms with Gasteiger partial charge in [-0.25, -0.2) is 0 Å². The highest BCUT2D eigenvalue weighted by atomic mass is 79.9. The Hall–Kier alpha value is -0.840. The molecule has 1 aliphatic rings. The summed E-state index contributed by atoms with van der Waals surface area (Å²) >= 11 is 3.51. The van der Waals surface area contributed by atoms with Crippen molar-refractivity contribution < 1.29 is 4.42 Å². The third kappa shape index (κ3) is 2.25. The van der Waals surface area contributed by atoms with Crippen molar-refractivity contribution in [3.8, 4) is 0 Å². The number of nitrogens with zero attached hydrogens (tertiary/aromatic N) is 1. The Labute approximate surface area is 109 Å². The second-order valence-electron chi connectivity index (χ2n) is 4.40. The van der Waals surface area contributed by atoms with Crippen LogP contribution < -0.4 is 5.32 Å². The number of benzene rings is 1. The normalized spacial score (nSPS) is 17.7. The average molecular weight is 295 g/mol. The summed E-state index contributed by atoms with van der Waals surface area (Å²) in [6.45, 7) is 5.35. The zero-order valence-electron chi connectivity index (χ0n) is 9.58. The minimum atomic E-state index is 0.971. The molecular weight excluding hydrogens is 280 g/mol. The average Bonchev–Trinajstić information content (AvgIpc) is 2.74. The van der Waals surface area contributed by atoms with Crippen LogP contribution in [0.2, 0.25) is 0 Å². The number of rotatable bonds is 2. The molecule has 90 valence electrons. The van der Waals surface area contributed by atoms with Crippen molar-refractivity contribution in [2.24, 2.45) is 0 Å². The van der Waals surface area contributed by atoms with Crippen LogP contribution in [0.25, 0.3) is 11.0 Å². The monoisotopic (exact) mass is 294 g/mol. The molecule has 1 saturated heterocycles. The van der Waals surface area contributed by atoms with E-state index in [0.717, 1.165) is 48.2 Å². The Bertz CT molecular complexity index is 517. The molecule has 17 heavy (non-hydrogen) atoms. The molecule has 1 aliphatic heterocycles. The largest absolute Gasteiger partial charge is 0.463 e. The number of hydrogen-bond acceptors (Lipinski definition) is 3. The van der Waals surface area contributed by atoms with E-state index < -0.39 is 0 Å². The van der Waals surface area contributed by atoms with Crippen LogP contribution in [0.4, 0.5) is 0 Å². The zero-order chi connectivity index (χ0) is 11.7. The van der Waals surface area contributed by atoms with E-state index in [0.29, 0.717) is 0 Å². The van der Waals surface area contributed by atoms with Gasteiger partial charge in [0.05, 0.1) is 4.47 Å². The molecule has 0 amide bonds. The third-order valence-corrected chi connectivity index (χ3v) is 3.85. The van der Waals surface area contributed by atoms with Gasteiger partial charge in [-0.3, -0.25) is 4.90 Å². The van der Waals surface area contributed by atoms with Gasteiger partial charge in [-0.15, -0.1) is 0 Å². The number of nitrogens with one attached hydrogen (secondary N) is 1. The molecule has 0 saturated carbocycles. The Morgan fingerprint density at radius 3 is 2.94 bits per heavy atom. The fourth-order valence-corrected chi connectivity index (χ4v) is 2.73. The van der Waals surface area contributed by atoms with Crippen LogP contribution in [-0.4, -0.2) is 31.1 Å². The number of fused-ring (bicyclic) bond motifs is 1. The third-order valence-electron chi connectivity index (χ3n) is 3.24. The van der Waals surface area contributed by atoms with E-state index in [9.17, 15) is 0 Å². The Balaban J connectivity index is 1.89. The quantitative estimate of drug-likeness (QED) is 0.923. The van der Waals surface area contributed by atoms with E-state index in [4.69, 9.17) is 4.42 Å². The molecular formula is C13H15BrN2O. The van der Waals surface area contributed by atoms with Crippen LogP contribution in [0, 0.1) is 0 Å². The maximum Gasteiger partial charge on any atom is 0.139 e. The van der Waals surface area contributed by atoms with Crippen LogP contribution in [0.3, 0.4) is 0 Å². The number of hydrogen-bond donors (Lipinski definition) is 1. The minimum absolute atomic E-state index is 0.971. The first-order chi connectivity index (χ1) is 8.34. The van der Waals surface area contributed by atoms with Crippen molar-refractivity contribution >= 4 is 26.9 Å². The van der Waals surface area contributed by atoms with E-state index in [2.05, 4.69) is 44.3 Å². The SMILES string of the molecule is Brc1coc2c(CN3CCNCC3)cccc12. The highest BCUT2D eigenvalue weighted by molar-refractivity contribution is 9.10. The van der Waals surface area contributed by atoms with Crippen molar-refractivity contribution in [2.45, 2.75) is 6.54 Å². The summed E-state index contributed by atoms with van der Waals surface area (Å²) in [7, 11) is 0. The molecule has 1 aromatic heterocycles. The molecule has 0 spiro atoms. The summed E-state index contributed by atoms with van der Waals surface area (Å²) < 4.78 is 6.67. The van der Waals surface area contributed by atoms with Crippen molar-refractivity contribution in [1.29, 1.82) is 0 Å².